The van der Waals surface area contributed by atoms with Crippen LogP contribution in [-0.2, 0) is 6.42 Å². The molecule has 94 valence electrons. The summed E-state index contributed by atoms with van der Waals surface area (Å²) in [6.07, 6.45) is 4.35. The van der Waals surface area contributed by atoms with Crippen LogP contribution in [0.25, 0.3) is 0 Å². The van der Waals surface area contributed by atoms with E-state index >= 15 is 0 Å². The van der Waals surface area contributed by atoms with Crippen molar-refractivity contribution in [1.82, 2.24) is 10.3 Å². The van der Waals surface area contributed by atoms with E-state index < -0.39 is 0 Å². The highest BCUT2D eigenvalue weighted by molar-refractivity contribution is 9.10. The Morgan fingerprint density at radius 3 is 2.83 bits per heavy atom. The number of halogens is 2. The number of hydrogen-bond donors (Lipinski definition) is 1. The van der Waals surface area contributed by atoms with Crippen molar-refractivity contribution in [2.75, 3.05) is 7.05 Å². The van der Waals surface area contributed by atoms with Gasteiger partial charge in [0.15, 0.2) is 0 Å². The molecule has 1 N–H and O–H groups in total. The number of aromatic nitrogens is 1. The summed E-state index contributed by atoms with van der Waals surface area (Å²) in [6.45, 7) is 0. The van der Waals surface area contributed by atoms with Gasteiger partial charge in [-0.25, -0.2) is 4.39 Å². The third kappa shape index (κ3) is 3.37. The monoisotopic (exact) mass is 308 g/mol. The highest BCUT2D eigenvalue weighted by atomic mass is 79.9. The van der Waals surface area contributed by atoms with Gasteiger partial charge in [0.2, 0.25) is 0 Å². The molecule has 0 amide bonds. The SMILES string of the molecule is CNC(Cc1cncc(Br)c1)c1cccc(F)c1. The molecule has 1 aromatic carbocycles. The van der Waals surface area contributed by atoms with Gasteiger partial charge in [0.1, 0.15) is 5.82 Å². The van der Waals surface area contributed by atoms with Crippen LogP contribution in [0.4, 0.5) is 4.39 Å². The smallest absolute Gasteiger partial charge is 0.123 e. The minimum atomic E-state index is -0.208. The van der Waals surface area contributed by atoms with Crippen molar-refractivity contribution in [3.05, 3.63) is 64.1 Å². The molecule has 0 saturated carbocycles. The summed E-state index contributed by atoms with van der Waals surface area (Å²) >= 11 is 3.40. The van der Waals surface area contributed by atoms with Gasteiger partial charge in [0, 0.05) is 22.9 Å². The molecule has 2 rings (SSSR count). The maximum absolute atomic E-state index is 13.2. The highest BCUT2D eigenvalue weighted by Crippen LogP contribution is 2.20. The molecule has 0 spiro atoms. The van der Waals surface area contributed by atoms with Gasteiger partial charge in [-0.3, -0.25) is 4.98 Å². The fourth-order valence-corrected chi connectivity index (χ4v) is 2.33. The summed E-state index contributed by atoms with van der Waals surface area (Å²) in [5, 5.41) is 3.20. The lowest BCUT2D eigenvalue weighted by molar-refractivity contribution is 0.576. The van der Waals surface area contributed by atoms with Crippen LogP contribution < -0.4 is 5.32 Å². The maximum atomic E-state index is 13.2. The van der Waals surface area contributed by atoms with Crippen molar-refractivity contribution in [3.63, 3.8) is 0 Å². The van der Waals surface area contributed by atoms with Crippen LogP contribution in [0.2, 0.25) is 0 Å². The molecule has 0 radical (unpaired) electrons. The summed E-state index contributed by atoms with van der Waals surface area (Å²) in [4.78, 5) is 4.13. The van der Waals surface area contributed by atoms with Crippen LogP contribution in [0.1, 0.15) is 17.2 Å². The average Bonchev–Trinajstić information content (AvgIpc) is 2.36. The first-order valence-corrected chi connectivity index (χ1v) is 6.50. The molecule has 1 heterocycles. The predicted octanol–water partition coefficient (Wildman–Crippen LogP) is 3.49. The van der Waals surface area contributed by atoms with Gasteiger partial charge in [0.05, 0.1) is 0 Å². The molecule has 0 fully saturated rings. The number of benzene rings is 1. The van der Waals surface area contributed by atoms with Crippen LogP contribution >= 0.6 is 15.9 Å². The largest absolute Gasteiger partial charge is 0.313 e. The fourth-order valence-electron chi connectivity index (χ4n) is 1.91. The van der Waals surface area contributed by atoms with Gasteiger partial charge >= 0.3 is 0 Å². The van der Waals surface area contributed by atoms with E-state index in [4.69, 9.17) is 0 Å². The lowest BCUT2D eigenvalue weighted by Crippen LogP contribution is -2.19. The van der Waals surface area contributed by atoms with Crippen LogP contribution in [0, 0.1) is 5.82 Å². The summed E-state index contributed by atoms with van der Waals surface area (Å²) in [7, 11) is 1.88. The average molecular weight is 309 g/mol. The number of likely N-dealkylation sites (N-methyl/N-ethyl adjacent to an activating group) is 1. The van der Waals surface area contributed by atoms with Gasteiger partial charge in [-0.05, 0) is 58.7 Å². The second kappa shape index (κ2) is 6.07. The van der Waals surface area contributed by atoms with Crippen molar-refractivity contribution in [2.45, 2.75) is 12.5 Å². The van der Waals surface area contributed by atoms with E-state index in [0.717, 1.165) is 22.0 Å². The molecule has 2 aromatic rings. The first-order valence-electron chi connectivity index (χ1n) is 5.71. The lowest BCUT2D eigenvalue weighted by atomic mass is 10.00. The first kappa shape index (κ1) is 13.2. The molecule has 1 aromatic heterocycles. The van der Waals surface area contributed by atoms with Gasteiger partial charge in [-0.15, -0.1) is 0 Å². The number of hydrogen-bond acceptors (Lipinski definition) is 2. The molecule has 0 bridgehead atoms. The Kier molecular flexibility index (Phi) is 4.44. The van der Waals surface area contributed by atoms with E-state index in [0.29, 0.717) is 0 Å². The topological polar surface area (TPSA) is 24.9 Å². The van der Waals surface area contributed by atoms with E-state index in [1.54, 1.807) is 18.3 Å². The molecular weight excluding hydrogens is 295 g/mol. The summed E-state index contributed by atoms with van der Waals surface area (Å²) in [6, 6.07) is 8.78. The number of rotatable bonds is 4. The second-order valence-corrected chi connectivity index (χ2v) is 5.03. The molecule has 1 unspecified atom stereocenters. The fraction of sp³-hybridized carbons (Fsp3) is 0.214. The lowest BCUT2D eigenvalue weighted by Gasteiger charge is -2.16. The van der Waals surface area contributed by atoms with Crippen LogP contribution in [0.15, 0.2) is 47.2 Å². The van der Waals surface area contributed by atoms with Crippen LogP contribution in [0.3, 0.4) is 0 Å². The van der Waals surface area contributed by atoms with E-state index in [1.165, 1.54) is 6.07 Å². The Morgan fingerprint density at radius 2 is 2.17 bits per heavy atom. The summed E-state index contributed by atoms with van der Waals surface area (Å²) in [5.74, 6) is -0.208. The quantitative estimate of drug-likeness (QED) is 0.935. The molecule has 0 saturated heterocycles. The van der Waals surface area contributed by atoms with Gasteiger partial charge in [0.25, 0.3) is 0 Å². The van der Waals surface area contributed by atoms with Crippen molar-refractivity contribution in [1.29, 1.82) is 0 Å². The molecule has 1 atom stereocenters. The van der Waals surface area contributed by atoms with Crippen molar-refractivity contribution >= 4 is 15.9 Å². The predicted molar refractivity (Wildman–Crippen MR) is 73.8 cm³/mol. The van der Waals surface area contributed by atoms with Gasteiger partial charge < -0.3 is 5.32 Å². The van der Waals surface area contributed by atoms with E-state index in [1.807, 2.05) is 25.4 Å². The molecular formula is C14H14BrFN2. The third-order valence-corrected chi connectivity index (χ3v) is 3.23. The Labute approximate surface area is 114 Å². The zero-order valence-corrected chi connectivity index (χ0v) is 11.6. The summed E-state index contributed by atoms with van der Waals surface area (Å²) < 4.78 is 14.2. The number of nitrogens with one attached hydrogen (secondary N) is 1. The van der Waals surface area contributed by atoms with E-state index in [2.05, 4.69) is 26.2 Å². The standard InChI is InChI=1S/C14H14BrFN2/c1-17-14(11-3-2-4-13(16)7-11)6-10-5-12(15)9-18-8-10/h2-5,7-9,14,17H,6H2,1H3. The highest BCUT2D eigenvalue weighted by Gasteiger charge is 2.11. The number of nitrogens with zero attached hydrogens (tertiary/aromatic N) is 1. The van der Waals surface area contributed by atoms with Gasteiger partial charge in [-0.1, -0.05) is 12.1 Å². The van der Waals surface area contributed by atoms with Crippen LogP contribution in [0.5, 0.6) is 0 Å². The van der Waals surface area contributed by atoms with Gasteiger partial charge in [-0.2, -0.15) is 0 Å². The Bertz CT molecular complexity index is 531. The minimum absolute atomic E-state index is 0.0804. The zero-order valence-electron chi connectivity index (χ0n) is 10.0. The summed E-state index contributed by atoms with van der Waals surface area (Å²) in [5.41, 5.74) is 2.05. The Morgan fingerprint density at radius 1 is 1.33 bits per heavy atom. The van der Waals surface area contributed by atoms with Crippen molar-refractivity contribution in [3.8, 4) is 0 Å². The third-order valence-electron chi connectivity index (χ3n) is 2.80. The normalized spacial score (nSPS) is 12.4. The minimum Gasteiger partial charge on any atom is -0.313 e. The first-order chi connectivity index (χ1) is 8.69. The molecule has 0 aliphatic carbocycles. The van der Waals surface area contributed by atoms with E-state index in [-0.39, 0.29) is 11.9 Å². The van der Waals surface area contributed by atoms with Crippen LogP contribution in [-0.4, -0.2) is 12.0 Å². The van der Waals surface area contributed by atoms with E-state index in [9.17, 15) is 4.39 Å². The number of pyridine rings is 1. The van der Waals surface area contributed by atoms with Crippen molar-refractivity contribution < 1.29 is 4.39 Å². The molecule has 0 aliphatic heterocycles. The molecule has 18 heavy (non-hydrogen) atoms. The maximum Gasteiger partial charge on any atom is 0.123 e. The zero-order chi connectivity index (χ0) is 13.0. The molecule has 2 nitrogen and oxygen atoms in total. The molecule has 0 aliphatic rings. The second-order valence-electron chi connectivity index (χ2n) is 4.11. The Balaban J connectivity index is 2.19. The molecule has 4 heteroatoms. The Hall–Kier alpha value is -1.26. The van der Waals surface area contributed by atoms with Crippen molar-refractivity contribution in [2.24, 2.45) is 0 Å².